The molecule has 2 atom stereocenters. The van der Waals surface area contributed by atoms with Gasteiger partial charge in [-0.05, 0) is 43.4 Å². The lowest BCUT2D eigenvalue weighted by Crippen LogP contribution is -2.54. The number of nitrogens with zero attached hydrogens (tertiary/aromatic N) is 3. The third-order valence-electron chi connectivity index (χ3n) is 5.87. The minimum absolute atomic E-state index is 0.172. The number of aryl methyl sites for hydroxylation is 1. The molecule has 32 heavy (non-hydrogen) atoms. The zero-order chi connectivity index (χ0) is 23.3. The summed E-state index contributed by atoms with van der Waals surface area (Å²) in [7, 11) is 1.65. The van der Waals surface area contributed by atoms with Crippen LogP contribution in [0.1, 0.15) is 43.7 Å². The molecule has 3 rings (SSSR count). The number of benzene rings is 1. The fraction of sp³-hybridized carbons (Fsp3) is 0.609. The summed E-state index contributed by atoms with van der Waals surface area (Å²) < 4.78 is 20.9. The number of piperidine rings is 1. The summed E-state index contributed by atoms with van der Waals surface area (Å²) in [5, 5.41) is 3.24. The van der Waals surface area contributed by atoms with E-state index in [1.807, 2.05) is 18.4 Å². The molecule has 0 radical (unpaired) electrons. The van der Waals surface area contributed by atoms with Crippen molar-refractivity contribution in [2.45, 2.75) is 45.7 Å². The van der Waals surface area contributed by atoms with Crippen LogP contribution in [0.2, 0.25) is 0 Å². The number of nitrogens with one attached hydrogen (secondary N) is 1. The monoisotopic (exact) mass is 447 g/mol. The van der Waals surface area contributed by atoms with Crippen LogP contribution < -0.4 is 11.1 Å². The molecular weight excluding hydrogens is 413 g/mol. The second kappa shape index (κ2) is 10.9. The van der Waals surface area contributed by atoms with Gasteiger partial charge in [0.1, 0.15) is 5.82 Å². The van der Waals surface area contributed by atoms with E-state index in [0.29, 0.717) is 56.1 Å². The van der Waals surface area contributed by atoms with Gasteiger partial charge in [0.2, 0.25) is 5.91 Å². The van der Waals surface area contributed by atoms with E-state index in [4.69, 9.17) is 10.5 Å². The number of hydrogen-bond acceptors (Lipinski definition) is 5. The van der Waals surface area contributed by atoms with Gasteiger partial charge in [0.25, 0.3) is 5.91 Å². The molecule has 8 nitrogen and oxygen atoms in total. The second-order valence-corrected chi connectivity index (χ2v) is 8.92. The van der Waals surface area contributed by atoms with Crippen LogP contribution in [-0.2, 0) is 16.1 Å². The number of carbonyl (C=O) groups excluding carboxylic acids is 2. The highest BCUT2D eigenvalue weighted by atomic mass is 19.1. The number of fused-ring (bicyclic) bond motifs is 1. The highest BCUT2D eigenvalue weighted by Gasteiger charge is 2.34. The van der Waals surface area contributed by atoms with Gasteiger partial charge in [-0.15, -0.1) is 0 Å². The SMILES string of the molecule is COCCCCn1c(C(=O)N(CC(C)C)[C@@H]2CNC[C@H](C(N)=O)C2)nc2ccc(F)cc21. The Morgan fingerprint density at radius 2 is 2.12 bits per heavy atom. The molecule has 2 aromatic rings. The summed E-state index contributed by atoms with van der Waals surface area (Å²) in [5.74, 6) is -0.735. The van der Waals surface area contributed by atoms with Crippen LogP contribution in [-0.4, -0.2) is 65.7 Å². The van der Waals surface area contributed by atoms with Crippen molar-refractivity contribution < 1.29 is 18.7 Å². The van der Waals surface area contributed by atoms with E-state index in [9.17, 15) is 14.0 Å². The number of primary amides is 1. The van der Waals surface area contributed by atoms with E-state index in [-0.39, 0.29) is 35.5 Å². The highest BCUT2D eigenvalue weighted by molar-refractivity contribution is 5.95. The lowest BCUT2D eigenvalue weighted by molar-refractivity contribution is -0.122. The van der Waals surface area contributed by atoms with Gasteiger partial charge in [0.05, 0.1) is 17.0 Å². The molecule has 1 aromatic carbocycles. The van der Waals surface area contributed by atoms with Crippen LogP contribution in [0.3, 0.4) is 0 Å². The molecule has 0 bridgehead atoms. The Bertz CT molecular complexity index is 945. The molecule has 2 heterocycles. The Kier molecular flexibility index (Phi) is 8.20. The van der Waals surface area contributed by atoms with Gasteiger partial charge in [-0.2, -0.15) is 0 Å². The van der Waals surface area contributed by atoms with E-state index in [1.54, 1.807) is 18.1 Å². The van der Waals surface area contributed by atoms with Crippen molar-refractivity contribution in [3.05, 3.63) is 29.8 Å². The van der Waals surface area contributed by atoms with Gasteiger partial charge >= 0.3 is 0 Å². The van der Waals surface area contributed by atoms with Crippen molar-refractivity contribution in [1.82, 2.24) is 19.8 Å². The van der Waals surface area contributed by atoms with Gasteiger partial charge < -0.3 is 25.3 Å². The number of imidazole rings is 1. The molecule has 0 aliphatic carbocycles. The van der Waals surface area contributed by atoms with Crippen molar-refractivity contribution in [1.29, 1.82) is 0 Å². The number of nitrogens with two attached hydrogens (primary N) is 1. The third kappa shape index (κ3) is 5.63. The summed E-state index contributed by atoms with van der Waals surface area (Å²) >= 11 is 0. The van der Waals surface area contributed by atoms with Crippen LogP contribution in [0.15, 0.2) is 18.2 Å². The molecule has 1 fully saturated rings. The number of methoxy groups -OCH3 is 1. The van der Waals surface area contributed by atoms with Gasteiger partial charge in [-0.1, -0.05) is 13.8 Å². The molecule has 0 saturated carbocycles. The van der Waals surface area contributed by atoms with Crippen LogP contribution in [0.4, 0.5) is 4.39 Å². The number of rotatable bonds is 10. The van der Waals surface area contributed by atoms with Crippen molar-refractivity contribution in [3.8, 4) is 0 Å². The maximum Gasteiger partial charge on any atom is 0.290 e. The molecule has 3 N–H and O–H groups in total. The average Bonchev–Trinajstić information content (AvgIpc) is 3.12. The van der Waals surface area contributed by atoms with E-state index in [1.165, 1.54) is 12.1 Å². The number of hydrogen-bond donors (Lipinski definition) is 2. The van der Waals surface area contributed by atoms with Gasteiger partial charge in [-0.3, -0.25) is 9.59 Å². The van der Waals surface area contributed by atoms with Crippen molar-refractivity contribution in [2.75, 3.05) is 33.4 Å². The number of aromatic nitrogens is 2. The first-order chi connectivity index (χ1) is 15.3. The third-order valence-corrected chi connectivity index (χ3v) is 5.87. The Balaban J connectivity index is 1.95. The summed E-state index contributed by atoms with van der Waals surface area (Å²) in [6.07, 6.45) is 2.11. The van der Waals surface area contributed by atoms with Gasteiger partial charge in [0.15, 0.2) is 5.82 Å². The quantitative estimate of drug-likeness (QED) is 0.544. The summed E-state index contributed by atoms with van der Waals surface area (Å²) in [4.78, 5) is 32.0. The minimum atomic E-state index is -0.366. The maximum absolute atomic E-state index is 14.0. The predicted octanol–water partition coefficient (Wildman–Crippen LogP) is 2.16. The Morgan fingerprint density at radius 3 is 2.81 bits per heavy atom. The first-order valence-electron chi connectivity index (χ1n) is 11.3. The fourth-order valence-corrected chi connectivity index (χ4v) is 4.29. The Hall–Kier alpha value is -2.52. The molecule has 1 aliphatic heterocycles. The number of amides is 2. The summed E-state index contributed by atoms with van der Waals surface area (Å²) in [6.45, 7) is 6.88. The molecule has 1 aromatic heterocycles. The van der Waals surface area contributed by atoms with Crippen LogP contribution in [0, 0.1) is 17.7 Å². The first-order valence-corrected chi connectivity index (χ1v) is 11.3. The molecule has 0 unspecified atom stereocenters. The van der Waals surface area contributed by atoms with Crippen molar-refractivity contribution >= 4 is 22.8 Å². The number of unbranched alkanes of at least 4 members (excludes halogenated alkanes) is 1. The largest absolute Gasteiger partial charge is 0.385 e. The van der Waals surface area contributed by atoms with Gasteiger partial charge in [0, 0.05) is 45.9 Å². The molecular formula is C23H34FN5O3. The maximum atomic E-state index is 14.0. The van der Waals surface area contributed by atoms with Gasteiger partial charge in [-0.25, -0.2) is 9.37 Å². The summed E-state index contributed by atoms with van der Waals surface area (Å²) in [6, 6.07) is 4.21. The normalized spacial score (nSPS) is 18.9. The fourth-order valence-electron chi connectivity index (χ4n) is 4.29. The van der Waals surface area contributed by atoms with Crippen LogP contribution in [0.25, 0.3) is 11.0 Å². The van der Waals surface area contributed by atoms with E-state index >= 15 is 0 Å². The zero-order valence-corrected chi connectivity index (χ0v) is 19.1. The van der Waals surface area contributed by atoms with Crippen molar-refractivity contribution in [2.24, 2.45) is 17.6 Å². The lowest BCUT2D eigenvalue weighted by Gasteiger charge is -2.38. The highest BCUT2D eigenvalue weighted by Crippen LogP contribution is 2.23. The smallest absolute Gasteiger partial charge is 0.290 e. The standard InChI is InChI=1S/C23H34FN5O3/c1-15(2)14-29(18-10-16(21(25)30)12-26-13-18)23(31)22-27-19-7-6-17(24)11-20(19)28(22)8-4-5-9-32-3/h6-7,11,15-16,18,26H,4-5,8-10,12-14H2,1-3H3,(H2,25,30)/t16-,18+/m1/s1. The molecule has 9 heteroatoms. The van der Waals surface area contributed by atoms with Crippen LogP contribution in [0.5, 0.6) is 0 Å². The van der Waals surface area contributed by atoms with Crippen LogP contribution >= 0.6 is 0 Å². The molecule has 176 valence electrons. The molecule has 1 aliphatic rings. The number of carbonyl (C=O) groups is 2. The number of halogens is 1. The average molecular weight is 448 g/mol. The van der Waals surface area contributed by atoms with E-state index in [0.717, 1.165) is 12.8 Å². The second-order valence-electron chi connectivity index (χ2n) is 8.92. The molecule has 0 spiro atoms. The van der Waals surface area contributed by atoms with Crippen molar-refractivity contribution in [3.63, 3.8) is 0 Å². The van der Waals surface area contributed by atoms with E-state index < -0.39 is 0 Å². The predicted molar refractivity (Wildman–Crippen MR) is 121 cm³/mol. The zero-order valence-electron chi connectivity index (χ0n) is 19.1. The Morgan fingerprint density at radius 1 is 1.34 bits per heavy atom. The lowest BCUT2D eigenvalue weighted by atomic mass is 9.93. The molecule has 2 amide bonds. The van der Waals surface area contributed by atoms with E-state index in [2.05, 4.69) is 10.3 Å². The molecule has 1 saturated heterocycles. The first kappa shape index (κ1) is 24.1. The number of ether oxygens (including phenoxy) is 1. The Labute approximate surface area is 188 Å². The summed E-state index contributed by atoms with van der Waals surface area (Å²) in [5.41, 5.74) is 6.73. The minimum Gasteiger partial charge on any atom is -0.385 e. The topological polar surface area (TPSA) is 102 Å².